The van der Waals surface area contributed by atoms with Crippen LogP contribution in [-0.4, -0.2) is 37.1 Å². The molecule has 3 aromatic rings. The summed E-state index contributed by atoms with van der Waals surface area (Å²) in [6.45, 7) is 1.81. The number of halogens is 1. The van der Waals surface area contributed by atoms with E-state index in [2.05, 4.69) is 0 Å². The van der Waals surface area contributed by atoms with E-state index in [0.29, 0.717) is 11.1 Å². The van der Waals surface area contributed by atoms with Gasteiger partial charge in [0.15, 0.2) is 0 Å². The number of anilines is 1. The monoisotopic (exact) mass is 495 g/mol. The van der Waals surface area contributed by atoms with Gasteiger partial charge in [-0.25, -0.2) is 22.8 Å². The van der Waals surface area contributed by atoms with Gasteiger partial charge in [-0.3, -0.25) is 14.4 Å². The number of hydrogen-bond acceptors (Lipinski definition) is 5. The second-order valence-corrected chi connectivity index (χ2v) is 9.82. The Bertz CT molecular complexity index is 1410. The molecule has 35 heavy (non-hydrogen) atoms. The Labute approximate surface area is 201 Å². The van der Waals surface area contributed by atoms with Gasteiger partial charge in [-0.2, -0.15) is 0 Å². The zero-order valence-electron chi connectivity index (χ0n) is 18.7. The van der Waals surface area contributed by atoms with E-state index < -0.39 is 39.6 Å². The minimum Gasteiger partial charge on any atom is -0.322 e. The average Bonchev–Trinajstić information content (AvgIpc) is 3.11. The van der Waals surface area contributed by atoms with Gasteiger partial charge in [-0.1, -0.05) is 29.8 Å². The maximum Gasteiger partial charge on any atom is 0.257 e. The van der Waals surface area contributed by atoms with Crippen molar-refractivity contribution in [2.45, 2.75) is 30.8 Å². The Balaban J connectivity index is 1.68. The average molecular weight is 496 g/mol. The lowest BCUT2D eigenvalue weighted by atomic mass is 10.1. The standard InChI is InChI=1S/C25H22FN3O5S/c1-16-3-2-4-18(13-16)24(31)28(15-17-5-7-19(26)8-6-17)22-14-23(30)29(25(22)32)20-9-11-21(12-10-20)35(27,33)34/h2-13,22H,14-15H2,1H3,(H2,27,33,34). The Hall–Kier alpha value is -3.89. The maximum absolute atomic E-state index is 13.5. The summed E-state index contributed by atoms with van der Waals surface area (Å²) >= 11 is 0. The first kappa shape index (κ1) is 24.2. The van der Waals surface area contributed by atoms with Crippen molar-refractivity contribution in [3.63, 3.8) is 0 Å². The number of primary sulfonamides is 1. The fourth-order valence-electron chi connectivity index (χ4n) is 3.97. The van der Waals surface area contributed by atoms with E-state index in [0.717, 1.165) is 10.5 Å². The molecule has 2 N–H and O–H groups in total. The van der Waals surface area contributed by atoms with Crippen LogP contribution in [-0.2, 0) is 26.2 Å². The highest BCUT2D eigenvalue weighted by Gasteiger charge is 2.44. The number of benzene rings is 3. The molecule has 10 heteroatoms. The number of imide groups is 1. The molecule has 1 heterocycles. The van der Waals surface area contributed by atoms with E-state index >= 15 is 0 Å². The summed E-state index contributed by atoms with van der Waals surface area (Å²) in [7, 11) is -3.95. The third-order valence-electron chi connectivity index (χ3n) is 5.71. The van der Waals surface area contributed by atoms with Gasteiger partial charge in [0.25, 0.3) is 11.8 Å². The maximum atomic E-state index is 13.5. The molecule has 1 saturated heterocycles. The molecule has 0 aliphatic carbocycles. The van der Waals surface area contributed by atoms with Crippen LogP contribution in [0.4, 0.5) is 10.1 Å². The minimum absolute atomic E-state index is 0.0189. The van der Waals surface area contributed by atoms with E-state index in [-0.39, 0.29) is 23.5 Å². The van der Waals surface area contributed by atoms with Crippen LogP contribution in [0.3, 0.4) is 0 Å². The molecule has 1 aliphatic rings. The molecule has 1 fully saturated rings. The number of sulfonamides is 1. The van der Waals surface area contributed by atoms with Crippen LogP contribution in [0.25, 0.3) is 0 Å². The quantitative estimate of drug-likeness (QED) is 0.528. The summed E-state index contributed by atoms with van der Waals surface area (Å²) < 4.78 is 36.5. The lowest BCUT2D eigenvalue weighted by Gasteiger charge is -2.28. The first-order valence-corrected chi connectivity index (χ1v) is 12.2. The van der Waals surface area contributed by atoms with Gasteiger partial charge >= 0.3 is 0 Å². The Kier molecular flexibility index (Phi) is 6.51. The molecule has 0 saturated carbocycles. The lowest BCUT2D eigenvalue weighted by molar-refractivity contribution is -0.122. The second kappa shape index (κ2) is 9.40. The van der Waals surface area contributed by atoms with Gasteiger partial charge in [0.2, 0.25) is 15.9 Å². The molecule has 1 unspecified atom stereocenters. The van der Waals surface area contributed by atoms with Crippen molar-refractivity contribution >= 4 is 33.4 Å². The number of carbonyl (C=O) groups excluding carboxylic acids is 3. The van der Waals surface area contributed by atoms with E-state index in [9.17, 15) is 27.2 Å². The molecule has 4 rings (SSSR count). The first-order chi connectivity index (χ1) is 16.5. The van der Waals surface area contributed by atoms with Crippen LogP contribution < -0.4 is 10.0 Å². The van der Waals surface area contributed by atoms with E-state index in [1.165, 1.54) is 53.4 Å². The van der Waals surface area contributed by atoms with Crippen LogP contribution in [0, 0.1) is 12.7 Å². The smallest absolute Gasteiger partial charge is 0.257 e. The van der Waals surface area contributed by atoms with Gasteiger partial charge in [-0.05, 0) is 61.0 Å². The molecule has 0 bridgehead atoms. The predicted octanol–water partition coefficient (Wildman–Crippen LogP) is 2.76. The summed E-state index contributed by atoms with van der Waals surface area (Å²) in [5.74, 6) is -2.05. The van der Waals surface area contributed by atoms with Crippen molar-refractivity contribution < 1.29 is 27.2 Å². The molecular formula is C25H22FN3O5S. The van der Waals surface area contributed by atoms with Crippen molar-refractivity contribution in [3.8, 4) is 0 Å². The summed E-state index contributed by atoms with van der Waals surface area (Å²) in [5.41, 5.74) is 1.95. The number of nitrogens with two attached hydrogens (primary N) is 1. The van der Waals surface area contributed by atoms with Crippen LogP contribution in [0.2, 0.25) is 0 Å². The van der Waals surface area contributed by atoms with Crippen molar-refractivity contribution in [1.29, 1.82) is 0 Å². The van der Waals surface area contributed by atoms with Crippen molar-refractivity contribution in [3.05, 3.63) is 95.3 Å². The highest BCUT2D eigenvalue weighted by atomic mass is 32.2. The number of hydrogen-bond donors (Lipinski definition) is 1. The van der Waals surface area contributed by atoms with Crippen molar-refractivity contribution in [2.24, 2.45) is 5.14 Å². The number of rotatable bonds is 6. The minimum atomic E-state index is -3.95. The molecule has 1 atom stereocenters. The SMILES string of the molecule is Cc1cccc(C(=O)N(Cc2ccc(F)cc2)C2CC(=O)N(c3ccc(S(N)(=O)=O)cc3)C2=O)c1. The zero-order valence-corrected chi connectivity index (χ0v) is 19.5. The number of carbonyl (C=O) groups is 3. The molecule has 0 radical (unpaired) electrons. The van der Waals surface area contributed by atoms with Crippen molar-refractivity contribution in [1.82, 2.24) is 4.90 Å². The third-order valence-corrected chi connectivity index (χ3v) is 6.64. The Morgan fingerprint density at radius 1 is 1.06 bits per heavy atom. The molecule has 0 spiro atoms. The molecule has 8 nitrogen and oxygen atoms in total. The molecule has 3 amide bonds. The summed E-state index contributed by atoms with van der Waals surface area (Å²) in [6, 6.07) is 16.3. The summed E-state index contributed by atoms with van der Waals surface area (Å²) in [4.78, 5) is 41.8. The van der Waals surface area contributed by atoms with Gasteiger partial charge in [-0.15, -0.1) is 0 Å². The van der Waals surface area contributed by atoms with Crippen LogP contribution in [0.15, 0.2) is 77.7 Å². The summed E-state index contributed by atoms with van der Waals surface area (Å²) in [6.07, 6.45) is -0.255. The van der Waals surface area contributed by atoms with Crippen LogP contribution in [0.5, 0.6) is 0 Å². The van der Waals surface area contributed by atoms with Crippen LogP contribution >= 0.6 is 0 Å². The van der Waals surface area contributed by atoms with Gasteiger partial charge in [0.05, 0.1) is 17.0 Å². The predicted molar refractivity (Wildman–Crippen MR) is 126 cm³/mol. The first-order valence-electron chi connectivity index (χ1n) is 10.7. The van der Waals surface area contributed by atoms with Gasteiger partial charge < -0.3 is 4.90 Å². The van der Waals surface area contributed by atoms with E-state index in [1.54, 1.807) is 18.2 Å². The number of aryl methyl sites for hydroxylation is 1. The van der Waals surface area contributed by atoms with Gasteiger partial charge in [0, 0.05) is 12.1 Å². The Morgan fingerprint density at radius 2 is 1.71 bits per heavy atom. The second-order valence-electron chi connectivity index (χ2n) is 8.26. The van der Waals surface area contributed by atoms with Crippen LogP contribution in [0.1, 0.15) is 27.9 Å². The van der Waals surface area contributed by atoms with E-state index in [4.69, 9.17) is 5.14 Å². The zero-order chi connectivity index (χ0) is 25.3. The van der Waals surface area contributed by atoms with Gasteiger partial charge in [0.1, 0.15) is 11.9 Å². The van der Waals surface area contributed by atoms with E-state index in [1.807, 2.05) is 13.0 Å². The molecular weight excluding hydrogens is 473 g/mol. The lowest BCUT2D eigenvalue weighted by Crippen LogP contribution is -2.45. The largest absolute Gasteiger partial charge is 0.322 e. The normalized spacial score (nSPS) is 16.0. The van der Waals surface area contributed by atoms with Crippen molar-refractivity contribution in [2.75, 3.05) is 4.90 Å². The Morgan fingerprint density at radius 3 is 2.31 bits per heavy atom. The molecule has 0 aromatic heterocycles. The molecule has 180 valence electrons. The molecule has 3 aromatic carbocycles. The number of nitrogens with zero attached hydrogens (tertiary/aromatic N) is 2. The number of amides is 3. The topological polar surface area (TPSA) is 118 Å². The highest BCUT2D eigenvalue weighted by molar-refractivity contribution is 7.89. The fourth-order valence-corrected chi connectivity index (χ4v) is 4.48. The summed E-state index contributed by atoms with van der Waals surface area (Å²) in [5, 5.41) is 5.12. The third kappa shape index (κ3) is 5.13. The molecule has 1 aliphatic heterocycles. The fraction of sp³-hybridized carbons (Fsp3) is 0.160. The highest BCUT2D eigenvalue weighted by Crippen LogP contribution is 2.28.